The van der Waals surface area contributed by atoms with Crippen molar-refractivity contribution in [3.05, 3.63) is 24.0 Å². The number of carbonyl (C=O) groups excluding carboxylic acids is 1. The van der Waals surface area contributed by atoms with Gasteiger partial charge in [0.15, 0.2) is 5.13 Å². The second-order valence-electron chi connectivity index (χ2n) is 3.75. The Morgan fingerprint density at radius 2 is 2.26 bits per heavy atom. The van der Waals surface area contributed by atoms with Crippen LogP contribution in [0, 0.1) is 0 Å². The predicted octanol–water partition coefficient (Wildman–Crippen LogP) is 3.33. The van der Waals surface area contributed by atoms with Gasteiger partial charge in [-0.1, -0.05) is 25.2 Å². The Balaban J connectivity index is 1.87. The summed E-state index contributed by atoms with van der Waals surface area (Å²) in [5.41, 5.74) is 0. The summed E-state index contributed by atoms with van der Waals surface area (Å²) in [7, 11) is 0. The van der Waals surface area contributed by atoms with E-state index < -0.39 is 0 Å². The molecule has 0 aliphatic rings. The fourth-order valence-electron chi connectivity index (χ4n) is 1.30. The Labute approximate surface area is 119 Å². The molecule has 0 radical (unpaired) electrons. The highest BCUT2D eigenvalue weighted by molar-refractivity contribution is 8.00. The fraction of sp³-hybridized carbons (Fsp3) is 0.417. The van der Waals surface area contributed by atoms with Crippen LogP contribution in [-0.4, -0.2) is 15.9 Å². The van der Waals surface area contributed by atoms with E-state index in [0.717, 1.165) is 22.3 Å². The van der Waals surface area contributed by atoms with E-state index >= 15 is 0 Å². The first-order valence-corrected chi connectivity index (χ1v) is 7.83. The molecule has 0 spiro atoms. The van der Waals surface area contributed by atoms with E-state index in [-0.39, 0.29) is 5.91 Å². The molecule has 0 saturated heterocycles. The lowest BCUT2D eigenvalue weighted by atomic mass is 10.4. The van der Waals surface area contributed by atoms with Gasteiger partial charge in [0.05, 0.1) is 22.4 Å². The van der Waals surface area contributed by atoms with Crippen LogP contribution in [0.4, 0.5) is 5.13 Å². The van der Waals surface area contributed by atoms with Crippen LogP contribution < -0.4 is 5.32 Å². The number of aromatic nitrogens is 2. The Bertz CT molecular complexity index is 551. The van der Waals surface area contributed by atoms with Crippen LogP contribution >= 0.6 is 23.1 Å². The van der Waals surface area contributed by atoms with Crippen LogP contribution in [0.3, 0.4) is 0 Å². The monoisotopic (exact) mass is 297 g/mol. The van der Waals surface area contributed by atoms with Crippen molar-refractivity contribution in [3.63, 3.8) is 0 Å². The summed E-state index contributed by atoms with van der Waals surface area (Å²) in [5.74, 6) is 2.26. The lowest BCUT2D eigenvalue weighted by molar-refractivity contribution is -0.115. The molecular formula is C12H15N3O2S2. The number of hydrogen-bond donors (Lipinski definition) is 1. The highest BCUT2D eigenvalue weighted by Crippen LogP contribution is 2.30. The van der Waals surface area contributed by atoms with E-state index in [2.05, 4.69) is 15.3 Å². The van der Waals surface area contributed by atoms with Crippen molar-refractivity contribution in [2.24, 2.45) is 0 Å². The van der Waals surface area contributed by atoms with Crippen LogP contribution in [0.1, 0.15) is 31.9 Å². The van der Waals surface area contributed by atoms with Gasteiger partial charge in [-0.2, -0.15) is 0 Å². The van der Waals surface area contributed by atoms with E-state index in [1.165, 1.54) is 11.3 Å². The molecular weight excluding hydrogens is 282 g/mol. The minimum absolute atomic E-state index is 0.0220. The van der Waals surface area contributed by atoms with Gasteiger partial charge in [0.2, 0.25) is 11.8 Å². The largest absolute Gasteiger partial charge is 0.445 e. The van der Waals surface area contributed by atoms with Gasteiger partial charge >= 0.3 is 0 Å². The van der Waals surface area contributed by atoms with E-state index in [1.807, 2.05) is 13.8 Å². The van der Waals surface area contributed by atoms with Gasteiger partial charge in [-0.05, 0) is 0 Å². The molecule has 2 rings (SSSR count). The number of aryl methyl sites for hydroxylation is 1. The summed E-state index contributed by atoms with van der Waals surface area (Å²) in [6, 6.07) is 0. The van der Waals surface area contributed by atoms with Gasteiger partial charge in [0.25, 0.3) is 0 Å². The van der Waals surface area contributed by atoms with Gasteiger partial charge in [-0.15, -0.1) is 11.8 Å². The van der Waals surface area contributed by atoms with Crippen molar-refractivity contribution >= 4 is 34.1 Å². The van der Waals surface area contributed by atoms with Gasteiger partial charge < -0.3 is 9.73 Å². The van der Waals surface area contributed by atoms with Crippen LogP contribution in [0.15, 0.2) is 21.0 Å². The summed E-state index contributed by atoms with van der Waals surface area (Å²) >= 11 is 3.06. The Hall–Kier alpha value is -1.34. The Kier molecular flexibility index (Phi) is 4.98. The molecule has 1 N–H and O–H groups in total. The minimum atomic E-state index is -0.0220. The number of hydrogen-bond acceptors (Lipinski definition) is 6. The van der Waals surface area contributed by atoms with E-state index in [4.69, 9.17) is 4.42 Å². The summed E-state index contributed by atoms with van der Waals surface area (Å²) in [6.45, 7) is 3.84. The van der Waals surface area contributed by atoms with Crippen molar-refractivity contribution in [1.82, 2.24) is 9.97 Å². The zero-order valence-electron chi connectivity index (χ0n) is 10.8. The number of oxazole rings is 1. The first kappa shape index (κ1) is 14.1. The van der Waals surface area contributed by atoms with E-state index in [0.29, 0.717) is 17.3 Å². The van der Waals surface area contributed by atoms with Gasteiger partial charge in [-0.3, -0.25) is 4.79 Å². The molecule has 102 valence electrons. The molecule has 5 nitrogen and oxygen atoms in total. The van der Waals surface area contributed by atoms with E-state index in [9.17, 15) is 4.79 Å². The summed E-state index contributed by atoms with van der Waals surface area (Å²) in [5, 5.41) is 3.37. The molecule has 2 aromatic heterocycles. The molecule has 7 heteroatoms. The van der Waals surface area contributed by atoms with E-state index in [1.54, 1.807) is 24.2 Å². The van der Waals surface area contributed by atoms with Gasteiger partial charge in [0.1, 0.15) is 5.76 Å². The van der Waals surface area contributed by atoms with Crippen LogP contribution in [0.5, 0.6) is 0 Å². The SMILES string of the molecule is CCC(=O)Nc1ncc(SCc2ncc(CC)o2)s1. The lowest BCUT2D eigenvalue weighted by Crippen LogP contribution is -2.08. The number of anilines is 1. The third-order valence-electron chi connectivity index (χ3n) is 2.34. The number of thioether (sulfide) groups is 1. The maximum atomic E-state index is 11.2. The van der Waals surface area contributed by atoms with Crippen molar-refractivity contribution in [3.8, 4) is 0 Å². The number of nitrogens with one attached hydrogen (secondary N) is 1. The number of nitrogens with zero attached hydrogens (tertiary/aromatic N) is 2. The second kappa shape index (κ2) is 6.72. The first-order chi connectivity index (χ1) is 9.21. The molecule has 19 heavy (non-hydrogen) atoms. The maximum absolute atomic E-state index is 11.2. The molecule has 0 unspecified atom stereocenters. The number of thiazole rings is 1. The third-order valence-corrected chi connectivity index (χ3v) is 4.43. The smallest absolute Gasteiger partial charge is 0.225 e. The van der Waals surface area contributed by atoms with Crippen LogP contribution in [0.25, 0.3) is 0 Å². The lowest BCUT2D eigenvalue weighted by Gasteiger charge is -1.96. The molecule has 0 bridgehead atoms. The van der Waals surface area contributed by atoms with Gasteiger partial charge in [0, 0.05) is 12.8 Å². The number of rotatable bonds is 6. The quantitative estimate of drug-likeness (QED) is 0.828. The maximum Gasteiger partial charge on any atom is 0.225 e. The summed E-state index contributed by atoms with van der Waals surface area (Å²) < 4.78 is 6.56. The Morgan fingerprint density at radius 1 is 1.42 bits per heavy atom. The number of amides is 1. The zero-order valence-corrected chi connectivity index (χ0v) is 12.4. The third kappa shape index (κ3) is 4.07. The van der Waals surface area contributed by atoms with Crippen molar-refractivity contribution in [2.45, 2.75) is 36.7 Å². The predicted molar refractivity (Wildman–Crippen MR) is 76.5 cm³/mol. The highest BCUT2D eigenvalue weighted by atomic mass is 32.2. The normalized spacial score (nSPS) is 10.6. The molecule has 0 fully saturated rings. The number of carbonyl (C=O) groups is 1. The van der Waals surface area contributed by atoms with Crippen molar-refractivity contribution < 1.29 is 9.21 Å². The average molecular weight is 297 g/mol. The molecule has 1 amide bonds. The first-order valence-electron chi connectivity index (χ1n) is 6.03. The summed E-state index contributed by atoms with van der Waals surface area (Å²) in [6.07, 6.45) is 4.82. The fourth-order valence-corrected chi connectivity index (χ4v) is 3.04. The molecule has 0 saturated carbocycles. The highest BCUT2D eigenvalue weighted by Gasteiger charge is 2.08. The molecule has 0 aromatic carbocycles. The molecule has 2 aromatic rings. The minimum Gasteiger partial charge on any atom is -0.445 e. The van der Waals surface area contributed by atoms with Crippen molar-refractivity contribution in [2.75, 3.05) is 5.32 Å². The Morgan fingerprint density at radius 3 is 2.95 bits per heavy atom. The molecule has 2 heterocycles. The van der Waals surface area contributed by atoms with Gasteiger partial charge in [-0.25, -0.2) is 9.97 Å². The standard InChI is InChI=1S/C12H15N3O2S2/c1-3-8-5-13-10(17-8)7-18-11-6-14-12(19-11)15-9(16)4-2/h5-6H,3-4,7H2,1-2H3,(H,14,15,16). The average Bonchev–Trinajstić information content (AvgIpc) is 3.05. The molecule has 0 aliphatic heterocycles. The van der Waals surface area contributed by atoms with Crippen LogP contribution in [0.2, 0.25) is 0 Å². The molecule has 0 atom stereocenters. The topological polar surface area (TPSA) is 68.0 Å². The van der Waals surface area contributed by atoms with Crippen LogP contribution in [-0.2, 0) is 17.0 Å². The summed E-state index contributed by atoms with van der Waals surface area (Å²) in [4.78, 5) is 19.6. The second-order valence-corrected chi connectivity index (χ2v) is 6.05. The molecule has 0 aliphatic carbocycles. The van der Waals surface area contributed by atoms with Crippen molar-refractivity contribution in [1.29, 1.82) is 0 Å². The zero-order chi connectivity index (χ0) is 13.7.